The van der Waals surface area contributed by atoms with E-state index < -0.39 is 11.5 Å². The highest BCUT2D eigenvalue weighted by Crippen LogP contribution is 2.29. The van der Waals surface area contributed by atoms with E-state index in [1.165, 1.54) is 29.2 Å². The highest BCUT2D eigenvalue weighted by molar-refractivity contribution is 7.82. The van der Waals surface area contributed by atoms with E-state index in [9.17, 15) is 9.18 Å². The van der Waals surface area contributed by atoms with Gasteiger partial charge in [-0.2, -0.15) is 0 Å². The van der Waals surface area contributed by atoms with Gasteiger partial charge in [0.15, 0.2) is 0 Å². The van der Waals surface area contributed by atoms with Crippen LogP contribution in [0.5, 0.6) is 0 Å². The van der Waals surface area contributed by atoms with Crippen molar-refractivity contribution in [2.24, 2.45) is 4.99 Å². The van der Waals surface area contributed by atoms with Crippen LogP contribution in [0.1, 0.15) is 29.8 Å². The van der Waals surface area contributed by atoms with E-state index in [1.54, 1.807) is 32.0 Å². The van der Waals surface area contributed by atoms with Gasteiger partial charge in [0, 0.05) is 16.1 Å². The van der Waals surface area contributed by atoms with E-state index in [-0.39, 0.29) is 5.91 Å². The smallest absolute Gasteiger partial charge is 0.260 e. The van der Waals surface area contributed by atoms with Crippen molar-refractivity contribution in [3.8, 4) is 0 Å². The Morgan fingerprint density at radius 3 is 2.50 bits per heavy atom. The largest absolute Gasteiger partial charge is 0.272 e. The van der Waals surface area contributed by atoms with Crippen molar-refractivity contribution >= 4 is 40.4 Å². The van der Waals surface area contributed by atoms with Gasteiger partial charge in [-0.15, -0.1) is 0 Å². The van der Waals surface area contributed by atoms with Gasteiger partial charge >= 0.3 is 0 Å². The van der Waals surface area contributed by atoms with Crippen LogP contribution in [0.25, 0.3) is 0 Å². The molecule has 1 heterocycles. The summed E-state index contributed by atoms with van der Waals surface area (Å²) in [4.78, 5) is 19.2. The number of carbonyl (C=O) groups is 1. The Morgan fingerprint density at radius 2 is 1.88 bits per heavy atom. The van der Waals surface area contributed by atoms with Crippen molar-refractivity contribution < 1.29 is 9.18 Å². The second-order valence-corrected chi connectivity index (χ2v) is 6.74. The summed E-state index contributed by atoms with van der Waals surface area (Å²) in [6.45, 7) is 3.61. The minimum atomic E-state index is -0.833. The van der Waals surface area contributed by atoms with Crippen molar-refractivity contribution in [2.75, 3.05) is 0 Å². The SMILES string of the molecule is CC1(C)N=C(c2cccc(Cl)c2)C(=S)N1C(=O)c1ccc(F)cc1. The molecule has 1 aliphatic rings. The van der Waals surface area contributed by atoms with E-state index in [1.807, 2.05) is 6.07 Å². The van der Waals surface area contributed by atoms with Gasteiger partial charge < -0.3 is 0 Å². The lowest BCUT2D eigenvalue weighted by Gasteiger charge is -2.29. The Hall–Kier alpha value is -2.11. The number of thiocarbonyl (C=S) groups is 1. The average Bonchev–Trinajstić information content (AvgIpc) is 2.77. The van der Waals surface area contributed by atoms with Crippen LogP contribution >= 0.6 is 23.8 Å². The molecule has 2 aromatic rings. The maximum Gasteiger partial charge on any atom is 0.260 e. The first kappa shape index (κ1) is 16.7. The van der Waals surface area contributed by atoms with Crippen LogP contribution in [-0.2, 0) is 0 Å². The molecule has 0 N–H and O–H groups in total. The van der Waals surface area contributed by atoms with E-state index in [4.69, 9.17) is 23.8 Å². The van der Waals surface area contributed by atoms with Crippen molar-refractivity contribution in [3.05, 3.63) is 70.5 Å². The first-order chi connectivity index (χ1) is 11.3. The molecule has 3 nitrogen and oxygen atoms in total. The minimum Gasteiger partial charge on any atom is -0.272 e. The Bertz CT molecular complexity index is 862. The molecule has 122 valence electrons. The van der Waals surface area contributed by atoms with Gasteiger partial charge in [-0.05, 0) is 50.2 Å². The van der Waals surface area contributed by atoms with Gasteiger partial charge in [0.05, 0.1) is 0 Å². The number of hydrogen-bond acceptors (Lipinski definition) is 3. The lowest BCUT2D eigenvalue weighted by atomic mass is 10.1. The fourth-order valence-electron chi connectivity index (χ4n) is 2.61. The Labute approximate surface area is 149 Å². The fraction of sp³-hybridized carbons (Fsp3) is 0.167. The van der Waals surface area contributed by atoms with E-state index >= 15 is 0 Å². The van der Waals surface area contributed by atoms with Crippen LogP contribution in [0.4, 0.5) is 4.39 Å². The molecular weight excluding hydrogens is 347 g/mol. The normalized spacial score (nSPS) is 16.2. The van der Waals surface area contributed by atoms with Gasteiger partial charge in [0.1, 0.15) is 22.2 Å². The predicted octanol–water partition coefficient (Wildman–Crippen LogP) is 4.49. The number of nitrogens with zero attached hydrogens (tertiary/aromatic N) is 2. The van der Waals surface area contributed by atoms with Crippen LogP contribution in [0.3, 0.4) is 0 Å². The molecule has 0 saturated heterocycles. The summed E-state index contributed by atoms with van der Waals surface area (Å²) >= 11 is 11.5. The molecule has 0 spiro atoms. The zero-order chi connectivity index (χ0) is 17.5. The lowest BCUT2D eigenvalue weighted by molar-refractivity contribution is 0.0758. The molecule has 6 heteroatoms. The Balaban J connectivity index is 1.98. The number of rotatable bonds is 2. The summed E-state index contributed by atoms with van der Waals surface area (Å²) in [7, 11) is 0. The van der Waals surface area contributed by atoms with Gasteiger partial charge in [0.25, 0.3) is 5.91 Å². The highest BCUT2D eigenvalue weighted by atomic mass is 35.5. The molecule has 24 heavy (non-hydrogen) atoms. The lowest BCUT2D eigenvalue weighted by Crippen LogP contribution is -2.46. The van der Waals surface area contributed by atoms with Gasteiger partial charge in [-0.1, -0.05) is 36.0 Å². The highest BCUT2D eigenvalue weighted by Gasteiger charge is 2.42. The number of aliphatic imine (C=N–C) groups is 1. The maximum atomic E-state index is 13.1. The second-order valence-electron chi connectivity index (χ2n) is 5.92. The molecule has 2 aromatic carbocycles. The number of hydrogen-bond donors (Lipinski definition) is 0. The molecule has 0 bridgehead atoms. The monoisotopic (exact) mass is 360 g/mol. The predicted molar refractivity (Wildman–Crippen MR) is 97.2 cm³/mol. The van der Waals surface area contributed by atoms with Gasteiger partial charge in [0.2, 0.25) is 0 Å². The van der Waals surface area contributed by atoms with E-state index in [0.717, 1.165) is 5.56 Å². The first-order valence-electron chi connectivity index (χ1n) is 7.30. The number of halogens is 2. The average molecular weight is 361 g/mol. The molecular formula is C18H14ClFN2OS. The summed E-state index contributed by atoms with van der Waals surface area (Å²) in [5.41, 5.74) is 0.831. The van der Waals surface area contributed by atoms with Crippen molar-refractivity contribution in [1.29, 1.82) is 0 Å². The van der Waals surface area contributed by atoms with Gasteiger partial charge in [-0.25, -0.2) is 4.39 Å². The minimum absolute atomic E-state index is 0.314. The molecule has 0 atom stereocenters. The van der Waals surface area contributed by atoms with Crippen LogP contribution in [0.2, 0.25) is 5.02 Å². The summed E-state index contributed by atoms with van der Waals surface area (Å²) in [6, 6.07) is 12.5. The standard InChI is InChI=1S/C18H14ClFN2OS/c1-18(2)21-15(12-4-3-5-13(19)10-12)17(24)22(18)16(23)11-6-8-14(20)9-7-11/h3-10H,1-2H3. The zero-order valence-electron chi connectivity index (χ0n) is 13.1. The third kappa shape index (κ3) is 2.97. The summed E-state index contributed by atoms with van der Waals surface area (Å²) in [5, 5.41) is 0.569. The van der Waals surface area contributed by atoms with Crippen molar-refractivity contribution in [1.82, 2.24) is 4.90 Å². The molecule has 0 fully saturated rings. The molecule has 0 aromatic heterocycles. The Morgan fingerprint density at radius 1 is 1.21 bits per heavy atom. The van der Waals surface area contributed by atoms with Crippen LogP contribution in [-0.4, -0.2) is 27.2 Å². The maximum absolute atomic E-state index is 13.1. The summed E-state index contributed by atoms with van der Waals surface area (Å²) in [5.74, 6) is -0.712. The second kappa shape index (κ2) is 6.07. The third-order valence-electron chi connectivity index (χ3n) is 3.73. The number of carbonyl (C=O) groups excluding carboxylic acids is 1. The number of amides is 1. The van der Waals surface area contributed by atoms with Crippen molar-refractivity contribution in [2.45, 2.75) is 19.5 Å². The quantitative estimate of drug-likeness (QED) is 0.739. The van der Waals surface area contributed by atoms with Crippen LogP contribution in [0, 0.1) is 5.82 Å². The van der Waals surface area contributed by atoms with Crippen LogP contribution in [0.15, 0.2) is 53.5 Å². The first-order valence-corrected chi connectivity index (χ1v) is 8.08. The molecule has 0 saturated carbocycles. The summed E-state index contributed by atoms with van der Waals surface area (Å²) in [6.07, 6.45) is 0. The molecule has 1 aliphatic heterocycles. The van der Waals surface area contributed by atoms with E-state index in [0.29, 0.717) is 21.3 Å². The summed E-state index contributed by atoms with van der Waals surface area (Å²) < 4.78 is 13.1. The molecule has 0 unspecified atom stereocenters. The molecule has 0 radical (unpaired) electrons. The van der Waals surface area contributed by atoms with Gasteiger partial charge in [-0.3, -0.25) is 14.7 Å². The van der Waals surface area contributed by atoms with E-state index in [2.05, 4.69) is 4.99 Å². The molecule has 3 rings (SSSR count). The molecule has 1 amide bonds. The zero-order valence-corrected chi connectivity index (χ0v) is 14.7. The van der Waals surface area contributed by atoms with Crippen LogP contribution < -0.4 is 0 Å². The Kier molecular flexibility index (Phi) is 4.24. The van der Waals surface area contributed by atoms with Crippen molar-refractivity contribution in [3.63, 3.8) is 0 Å². The number of benzene rings is 2. The molecule has 0 aliphatic carbocycles. The fourth-order valence-corrected chi connectivity index (χ4v) is 3.27. The topological polar surface area (TPSA) is 32.7 Å². The third-order valence-corrected chi connectivity index (χ3v) is 4.34.